The summed E-state index contributed by atoms with van der Waals surface area (Å²) in [7, 11) is 0. The van der Waals surface area contributed by atoms with Gasteiger partial charge in [-0.1, -0.05) is 0 Å². The molecular weight excluding hydrogens is 170 g/mol. The third-order valence-corrected chi connectivity index (χ3v) is 2.35. The molecule has 0 spiro atoms. The molecule has 4 nitrogen and oxygen atoms in total. The summed E-state index contributed by atoms with van der Waals surface area (Å²) in [5.74, 6) is -1.03. The molecule has 2 heterocycles. The smallest absolute Gasteiger partial charge is 0.362 e. The van der Waals surface area contributed by atoms with Gasteiger partial charge in [0.1, 0.15) is 5.70 Å². The highest BCUT2D eigenvalue weighted by molar-refractivity contribution is 6.08. The predicted molar refractivity (Wildman–Crippen MR) is 44.6 cm³/mol. The van der Waals surface area contributed by atoms with Gasteiger partial charge < -0.3 is 9.64 Å². The predicted octanol–water partition coefficient (Wildman–Crippen LogP) is 0.440. The van der Waals surface area contributed by atoms with Crippen LogP contribution in [-0.2, 0) is 14.3 Å². The summed E-state index contributed by atoms with van der Waals surface area (Å²) in [6, 6.07) is 0. The lowest BCUT2D eigenvalue weighted by atomic mass is 10.1. The second kappa shape index (κ2) is 3.20. The van der Waals surface area contributed by atoms with Crippen molar-refractivity contribution >= 4 is 11.9 Å². The third kappa shape index (κ3) is 1.56. The van der Waals surface area contributed by atoms with Crippen molar-refractivity contribution < 1.29 is 14.3 Å². The fraction of sp³-hybridized carbons (Fsp3) is 0.556. The first-order valence-electron chi connectivity index (χ1n) is 4.50. The van der Waals surface area contributed by atoms with Gasteiger partial charge in [-0.25, -0.2) is 9.59 Å². The number of cyclic esters (lactones) is 2. The minimum atomic E-state index is -0.537. The van der Waals surface area contributed by atoms with Crippen LogP contribution in [0.25, 0.3) is 0 Å². The van der Waals surface area contributed by atoms with E-state index in [1.807, 2.05) is 4.90 Å². The largest absolute Gasteiger partial charge is 0.385 e. The normalized spacial score (nSPS) is 23.1. The highest BCUT2D eigenvalue weighted by atomic mass is 16.6. The van der Waals surface area contributed by atoms with Gasteiger partial charge in [0.05, 0.1) is 6.08 Å². The molecule has 0 aliphatic carbocycles. The summed E-state index contributed by atoms with van der Waals surface area (Å²) < 4.78 is 4.41. The Bertz CT molecular complexity index is 277. The van der Waals surface area contributed by atoms with Crippen LogP contribution >= 0.6 is 0 Å². The summed E-state index contributed by atoms with van der Waals surface area (Å²) in [6.45, 7) is 1.71. The molecule has 2 aliphatic rings. The second-order valence-electron chi connectivity index (χ2n) is 3.29. The maximum Gasteiger partial charge on any atom is 0.362 e. The third-order valence-electron chi connectivity index (χ3n) is 2.35. The number of nitrogens with zero attached hydrogens (tertiary/aromatic N) is 1. The lowest BCUT2D eigenvalue weighted by molar-refractivity contribution is -0.151. The Morgan fingerprint density at radius 2 is 1.85 bits per heavy atom. The molecule has 1 fully saturated rings. The molecule has 0 amide bonds. The lowest BCUT2D eigenvalue weighted by Gasteiger charge is -2.27. The average Bonchev–Trinajstić information content (AvgIpc) is 2.47. The van der Waals surface area contributed by atoms with Gasteiger partial charge in [-0.3, -0.25) is 0 Å². The van der Waals surface area contributed by atoms with Crippen molar-refractivity contribution in [1.82, 2.24) is 4.90 Å². The fourth-order valence-electron chi connectivity index (χ4n) is 1.70. The van der Waals surface area contributed by atoms with Gasteiger partial charge >= 0.3 is 11.9 Å². The van der Waals surface area contributed by atoms with Crippen molar-refractivity contribution in [3.63, 3.8) is 0 Å². The van der Waals surface area contributed by atoms with Crippen molar-refractivity contribution in [3.05, 3.63) is 11.8 Å². The summed E-state index contributed by atoms with van der Waals surface area (Å²) in [5.41, 5.74) is 0.435. The van der Waals surface area contributed by atoms with E-state index in [2.05, 4.69) is 4.74 Å². The van der Waals surface area contributed by atoms with E-state index in [0.29, 0.717) is 5.70 Å². The average molecular weight is 181 g/mol. The van der Waals surface area contributed by atoms with Gasteiger partial charge in [-0.15, -0.1) is 0 Å². The van der Waals surface area contributed by atoms with Crippen LogP contribution in [0.2, 0.25) is 0 Å². The Kier molecular flexibility index (Phi) is 2.04. The number of rotatable bonds is 1. The van der Waals surface area contributed by atoms with Gasteiger partial charge in [0, 0.05) is 13.1 Å². The van der Waals surface area contributed by atoms with Crippen LogP contribution in [-0.4, -0.2) is 29.9 Å². The zero-order chi connectivity index (χ0) is 9.26. The molecule has 0 aromatic carbocycles. The van der Waals surface area contributed by atoms with Crippen LogP contribution in [0.4, 0.5) is 0 Å². The van der Waals surface area contributed by atoms with Crippen molar-refractivity contribution in [1.29, 1.82) is 0 Å². The Labute approximate surface area is 76.2 Å². The zero-order valence-electron chi connectivity index (χ0n) is 7.28. The molecule has 13 heavy (non-hydrogen) atoms. The number of hydrogen-bond donors (Lipinski definition) is 0. The summed E-state index contributed by atoms with van der Waals surface area (Å²) in [4.78, 5) is 23.8. The zero-order valence-corrected chi connectivity index (χ0v) is 7.28. The molecule has 0 unspecified atom stereocenters. The van der Waals surface area contributed by atoms with Crippen LogP contribution in [0.3, 0.4) is 0 Å². The maximum absolute atomic E-state index is 11.1. The molecule has 0 N–H and O–H groups in total. The van der Waals surface area contributed by atoms with Crippen LogP contribution in [0.15, 0.2) is 11.8 Å². The van der Waals surface area contributed by atoms with Gasteiger partial charge in [0.15, 0.2) is 0 Å². The first-order chi connectivity index (χ1) is 6.27. The monoisotopic (exact) mass is 181 g/mol. The molecule has 70 valence electrons. The van der Waals surface area contributed by atoms with Gasteiger partial charge in [0.25, 0.3) is 0 Å². The van der Waals surface area contributed by atoms with Crippen molar-refractivity contribution in [2.24, 2.45) is 0 Å². The quantitative estimate of drug-likeness (QED) is 0.435. The number of hydrogen-bond acceptors (Lipinski definition) is 4. The van der Waals surface area contributed by atoms with E-state index in [1.165, 1.54) is 12.5 Å². The molecular formula is C9H11NO3. The topological polar surface area (TPSA) is 46.6 Å². The lowest BCUT2D eigenvalue weighted by Crippen LogP contribution is -2.31. The standard InChI is InChI=1S/C9H11NO3/c11-8-6-7(9(12)13-8)10-4-2-1-3-5-10/h6H,1-5H2. The number of esters is 2. The van der Waals surface area contributed by atoms with E-state index in [-0.39, 0.29) is 0 Å². The fourth-order valence-corrected chi connectivity index (χ4v) is 1.70. The van der Waals surface area contributed by atoms with E-state index in [9.17, 15) is 9.59 Å². The van der Waals surface area contributed by atoms with Gasteiger partial charge in [-0.2, -0.15) is 0 Å². The molecule has 0 radical (unpaired) electrons. The molecule has 2 aliphatic heterocycles. The molecule has 2 rings (SSSR count). The van der Waals surface area contributed by atoms with E-state index in [0.717, 1.165) is 25.9 Å². The Hall–Kier alpha value is -1.32. The highest BCUT2D eigenvalue weighted by Gasteiger charge is 2.28. The molecule has 0 atom stereocenters. The Morgan fingerprint density at radius 1 is 1.15 bits per heavy atom. The van der Waals surface area contributed by atoms with Crippen LogP contribution in [0.5, 0.6) is 0 Å². The number of likely N-dealkylation sites (tertiary alicyclic amines) is 1. The van der Waals surface area contributed by atoms with Crippen molar-refractivity contribution in [2.75, 3.05) is 13.1 Å². The van der Waals surface area contributed by atoms with E-state index in [1.54, 1.807) is 0 Å². The van der Waals surface area contributed by atoms with Crippen molar-refractivity contribution in [2.45, 2.75) is 19.3 Å². The highest BCUT2D eigenvalue weighted by Crippen LogP contribution is 2.18. The van der Waals surface area contributed by atoms with E-state index < -0.39 is 11.9 Å². The van der Waals surface area contributed by atoms with Crippen LogP contribution in [0.1, 0.15) is 19.3 Å². The van der Waals surface area contributed by atoms with Gasteiger partial charge in [0.2, 0.25) is 0 Å². The first kappa shape index (κ1) is 8.29. The molecule has 0 aromatic heterocycles. The minimum Gasteiger partial charge on any atom is -0.385 e. The summed E-state index contributed by atoms with van der Waals surface area (Å²) in [6.07, 6.45) is 4.65. The molecule has 4 heteroatoms. The number of ether oxygens (including phenoxy) is 1. The van der Waals surface area contributed by atoms with Gasteiger partial charge in [-0.05, 0) is 19.3 Å². The number of carbonyl (C=O) groups is 2. The molecule has 0 aromatic rings. The number of carbonyl (C=O) groups excluding carboxylic acids is 2. The molecule has 1 saturated heterocycles. The van der Waals surface area contributed by atoms with E-state index >= 15 is 0 Å². The first-order valence-corrected chi connectivity index (χ1v) is 4.50. The molecule has 0 bridgehead atoms. The second-order valence-corrected chi connectivity index (χ2v) is 3.29. The summed E-state index contributed by atoms with van der Waals surface area (Å²) >= 11 is 0. The maximum atomic E-state index is 11.1. The molecule has 0 saturated carbocycles. The van der Waals surface area contributed by atoms with Crippen LogP contribution in [0, 0.1) is 0 Å². The van der Waals surface area contributed by atoms with Crippen molar-refractivity contribution in [3.8, 4) is 0 Å². The minimum absolute atomic E-state index is 0.435. The van der Waals surface area contributed by atoms with E-state index in [4.69, 9.17) is 0 Å². The Morgan fingerprint density at radius 3 is 2.38 bits per heavy atom. The van der Waals surface area contributed by atoms with Crippen LogP contribution < -0.4 is 0 Å². The summed E-state index contributed by atoms with van der Waals surface area (Å²) in [5, 5.41) is 0. The number of piperidine rings is 1. The Balaban J connectivity index is 2.10. The SMILES string of the molecule is O=C1C=C(N2CCCCC2)C(=O)O1.